The van der Waals surface area contributed by atoms with Gasteiger partial charge in [-0.05, 0) is 31.5 Å². The van der Waals surface area contributed by atoms with Crippen molar-refractivity contribution in [3.63, 3.8) is 0 Å². The molecule has 1 aromatic carbocycles. The average Bonchev–Trinajstić information content (AvgIpc) is 2.42. The molecule has 1 rings (SSSR count). The molecule has 6 nitrogen and oxygen atoms in total. The Kier molecular flexibility index (Phi) is 6.95. The van der Waals surface area contributed by atoms with Crippen LogP contribution in [-0.4, -0.2) is 38.3 Å². The summed E-state index contributed by atoms with van der Waals surface area (Å²) in [7, 11) is 0. The highest BCUT2D eigenvalue weighted by molar-refractivity contribution is 5.80. The van der Waals surface area contributed by atoms with Gasteiger partial charge in [0.15, 0.2) is 0 Å². The van der Waals surface area contributed by atoms with E-state index in [-0.39, 0.29) is 6.54 Å². The van der Waals surface area contributed by atoms with E-state index in [9.17, 15) is 9.59 Å². The summed E-state index contributed by atoms with van der Waals surface area (Å²) >= 11 is 0. The summed E-state index contributed by atoms with van der Waals surface area (Å²) in [6.07, 6.45) is 0. The molecule has 20 heavy (non-hydrogen) atoms. The van der Waals surface area contributed by atoms with E-state index in [1.807, 2.05) is 31.2 Å². The molecule has 0 aliphatic heterocycles. The number of amides is 2. The molecule has 110 valence electrons. The van der Waals surface area contributed by atoms with Gasteiger partial charge in [-0.2, -0.15) is 0 Å². The molecular formula is C14H20N2O4. The van der Waals surface area contributed by atoms with Gasteiger partial charge in [0.05, 0.1) is 13.2 Å². The summed E-state index contributed by atoms with van der Waals surface area (Å²) < 4.78 is 10.1. The first kappa shape index (κ1) is 15.8. The Morgan fingerprint density at radius 3 is 2.75 bits per heavy atom. The summed E-state index contributed by atoms with van der Waals surface area (Å²) in [4.78, 5) is 22.3. The number of rotatable bonds is 7. The largest absolute Gasteiger partial charge is 0.492 e. The second kappa shape index (κ2) is 8.79. The van der Waals surface area contributed by atoms with Crippen LogP contribution >= 0.6 is 0 Å². The molecule has 0 unspecified atom stereocenters. The summed E-state index contributed by atoms with van der Waals surface area (Å²) in [6, 6.07) is 7.23. The molecule has 0 saturated heterocycles. The van der Waals surface area contributed by atoms with Crippen molar-refractivity contribution >= 4 is 12.0 Å². The van der Waals surface area contributed by atoms with Gasteiger partial charge in [0.25, 0.3) is 0 Å². The molecule has 6 heteroatoms. The van der Waals surface area contributed by atoms with Crippen LogP contribution in [-0.2, 0) is 9.53 Å². The lowest BCUT2D eigenvalue weighted by atomic mass is 10.2. The lowest BCUT2D eigenvalue weighted by Crippen LogP contribution is -2.40. The van der Waals surface area contributed by atoms with E-state index in [0.29, 0.717) is 19.8 Å². The maximum Gasteiger partial charge on any atom is 0.325 e. The fraction of sp³-hybridized carbons (Fsp3) is 0.429. The SMILES string of the molecule is CCOC(=O)CNC(=O)NCCOc1cccc(C)c1. The molecule has 2 amide bonds. The van der Waals surface area contributed by atoms with Gasteiger partial charge in [-0.3, -0.25) is 4.79 Å². The van der Waals surface area contributed by atoms with Crippen LogP contribution in [0.5, 0.6) is 5.75 Å². The molecule has 0 bridgehead atoms. The maximum absolute atomic E-state index is 11.3. The molecule has 0 radical (unpaired) electrons. The molecule has 0 fully saturated rings. The summed E-state index contributed by atoms with van der Waals surface area (Å²) in [5.41, 5.74) is 1.11. The van der Waals surface area contributed by atoms with E-state index < -0.39 is 12.0 Å². The summed E-state index contributed by atoms with van der Waals surface area (Å²) in [5.74, 6) is 0.303. The molecule has 0 atom stereocenters. The van der Waals surface area contributed by atoms with Crippen LogP contribution in [0.1, 0.15) is 12.5 Å². The van der Waals surface area contributed by atoms with Crippen LogP contribution in [0.4, 0.5) is 4.79 Å². The number of hydrogen-bond donors (Lipinski definition) is 2. The predicted octanol–water partition coefficient (Wildman–Crippen LogP) is 1.24. The molecule has 0 spiro atoms. The zero-order valence-electron chi connectivity index (χ0n) is 11.8. The fourth-order valence-corrected chi connectivity index (χ4v) is 1.47. The van der Waals surface area contributed by atoms with Crippen LogP contribution in [0, 0.1) is 6.92 Å². The van der Waals surface area contributed by atoms with Crippen molar-refractivity contribution < 1.29 is 19.1 Å². The Balaban J connectivity index is 2.11. The lowest BCUT2D eigenvalue weighted by Gasteiger charge is -2.09. The smallest absolute Gasteiger partial charge is 0.325 e. The highest BCUT2D eigenvalue weighted by atomic mass is 16.5. The van der Waals surface area contributed by atoms with E-state index in [1.165, 1.54) is 0 Å². The van der Waals surface area contributed by atoms with Crippen LogP contribution in [0.2, 0.25) is 0 Å². The summed E-state index contributed by atoms with van der Waals surface area (Å²) in [6.45, 7) is 4.55. The van der Waals surface area contributed by atoms with Gasteiger partial charge >= 0.3 is 12.0 Å². The van der Waals surface area contributed by atoms with Gasteiger partial charge in [-0.15, -0.1) is 0 Å². The van der Waals surface area contributed by atoms with E-state index in [1.54, 1.807) is 6.92 Å². The van der Waals surface area contributed by atoms with E-state index >= 15 is 0 Å². The Bertz CT molecular complexity index is 449. The minimum Gasteiger partial charge on any atom is -0.492 e. The standard InChI is InChI=1S/C14H20N2O4/c1-3-19-13(17)10-16-14(18)15-7-8-20-12-6-4-5-11(2)9-12/h4-6,9H,3,7-8,10H2,1-2H3,(H2,15,16,18). The number of hydrogen-bond acceptors (Lipinski definition) is 4. The minimum absolute atomic E-state index is 0.140. The van der Waals surface area contributed by atoms with E-state index in [0.717, 1.165) is 11.3 Å². The van der Waals surface area contributed by atoms with Crippen LogP contribution < -0.4 is 15.4 Å². The number of ether oxygens (including phenoxy) is 2. The Morgan fingerprint density at radius 2 is 2.05 bits per heavy atom. The third-order valence-corrected chi connectivity index (χ3v) is 2.34. The fourth-order valence-electron chi connectivity index (χ4n) is 1.47. The van der Waals surface area contributed by atoms with Gasteiger partial charge < -0.3 is 20.1 Å². The number of esters is 1. The monoisotopic (exact) mass is 280 g/mol. The first-order valence-electron chi connectivity index (χ1n) is 6.48. The van der Waals surface area contributed by atoms with Crippen molar-refractivity contribution in [3.8, 4) is 5.75 Å². The Labute approximate surface area is 118 Å². The maximum atomic E-state index is 11.3. The minimum atomic E-state index is -0.460. The topological polar surface area (TPSA) is 76.7 Å². The number of benzene rings is 1. The van der Waals surface area contributed by atoms with Crippen molar-refractivity contribution in [2.24, 2.45) is 0 Å². The lowest BCUT2D eigenvalue weighted by molar-refractivity contribution is -0.141. The van der Waals surface area contributed by atoms with Crippen molar-refractivity contribution in [1.82, 2.24) is 10.6 Å². The van der Waals surface area contributed by atoms with Crippen molar-refractivity contribution in [1.29, 1.82) is 0 Å². The Morgan fingerprint density at radius 1 is 1.25 bits per heavy atom. The zero-order chi connectivity index (χ0) is 14.8. The molecule has 0 aromatic heterocycles. The van der Waals surface area contributed by atoms with Crippen molar-refractivity contribution in [3.05, 3.63) is 29.8 Å². The number of nitrogens with one attached hydrogen (secondary N) is 2. The zero-order valence-corrected chi connectivity index (χ0v) is 11.8. The second-order valence-electron chi connectivity index (χ2n) is 4.08. The highest BCUT2D eigenvalue weighted by Crippen LogP contribution is 2.11. The van der Waals surface area contributed by atoms with Gasteiger partial charge in [-0.1, -0.05) is 12.1 Å². The van der Waals surface area contributed by atoms with Crippen LogP contribution in [0.25, 0.3) is 0 Å². The van der Waals surface area contributed by atoms with Gasteiger partial charge in [-0.25, -0.2) is 4.79 Å². The predicted molar refractivity (Wildman–Crippen MR) is 74.7 cm³/mol. The second-order valence-corrected chi connectivity index (χ2v) is 4.08. The molecule has 0 aliphatic carbocycles. The number of aryl methyl sites for hydroxylation is 1. The van der Waals surface area contributed by atoms with Crippen LogP contribution in [0.15, 0.2) is 24.3 Å². The normalized spacial score (nSPS) is 9.70. The first-order valence-corrected chi connectivity index (χ1v) is 6.48. The third kappa shape index (κ3) is 6.63. The average molecular weight is 280 g/mol. The first-order chi connectivity index (χ1) is 9.61. The highest BCUT2D eigenvalue weighted by Gasteiger charge is 2.04. The number of carbonyl (C=O) groups is 2. The molecule has 2 N–H and O–H groups in total. The quantitative estimate of drug-likeness (QED) is 0.582. The molecule has 0 heterocycles. The van der Waals surface area contributed by atoms with Gasteiger partial charge in [0.2, 0.25) is 0 Å². The van der Waals surface area contributed by atoms with Crippen LogP contribution in [0.3, 0.4) is 0 Å². The Hall–Kier alpha value is -2.24. The van der Waals surface area contributed by atoms with Crippen molar-refractivity contribution in [2.75, 3.05) is 26.3 Å². The molecule has 0 aliphatic rings. The molecule has 0 saturated carbocycles. The molecular weight excluding hydrogens is 260 g/mol. The summed E-state index contributed by atoms with van der Waals surface area (Å²) in [5, 5.41) is 4.98. The molecule has 1 aromatic rings. The van der Waals surface area contributed by atoms with Gasteiger partial charge in [0.1, 0.15) is 18.9 Å². The number of urea groups is 1. The third-order valence-electron chi connectivity index (χ3n) is 2.34. The van der Waals surface area contributed by atoms with Gasteiger partial charge in [0, 0.05) is 0 Å². The van der Waals surface area contributed by atoms with E-state index in [2.05, 4.69) is 15.4 Å². The van der Waals surface area contributed by atoms with Crippen molar-refractivity contribution in [2.45, 2.75) is 13.8 Å². The van der Waals surface area contributed by atoms with E-state index in [4.69, 9.17) is 4.74 Å². The number of carbonyl (C=O) groups excluding carboxylic acids is 2.